The van der Waals surface area contributed by atoms with E-state index in [1.807, 2.05) is 25.1 Å². The second-order valence-corrected chi connectivity index (χ2v) is 12.6. The Morgan fingerprint density at radius 3 is 2.51 bits per heavy atom. The van der Waals surface area contributed by atoms with E-state index in [4.69, 9.17) is 42.1 Å². The normalized spacial score (nSPS) is 14.6. The van der Waals surface area contributed by atoms with Gasteiger partial charge in [-0.15, -0.1) is 0 Å². The molecule has 1 aromatic heterocycles. The largest absolute Gasteiger partial charge is 0.493 e. The summed E-state index contributed by atoms with van der Waals surface area (Å²) in [5.74, 6) is 0.941. The lowest BCUT2D eigenvalue weighted by molar-refractivity contribution is -0.139. The number of ether oxygens (including phenoxy) is 4. The summed E-state index contributed by atoms with van der Waals surface area (Å²) in [7, 11) is 1.53. The Morgan fingerprint density at radius 1 is 1.02 bits per heavy atom. The number of hydrogen-bond donors (Lipinski definition) is 0. The molecule has 12 heteroatoms. The maximum absolute atomic E-state index is 14.2. The molecule has 1 aliphatic rings. The highest BCUT2D eigenvalue weighted by molar-refractivity contribution is 9.10. The molecule has 234 valence electrons. The van der Waals surface area contributed by atoms with Crippen molar-refractivity contribution in [3.8, 4) is 17.2 Å². The Morgan fingerprint density at radius 2 is 1.80 bits per heavy atom. The van der Waals surface area contributed by atoms with Crippen molar-refractivity contribution < 1.29 is 23.7 Å². The Kier molecular flexibility index (Phi) is 10.4. The smallest absolute Gasteiger partial charge is 0.338 e. The lowest BCUT2D eigenvalue weighted by Crippen LogP contribution is -2.40. The zero-order valence-corrected chi connectivity index (χ0v) is 28.8. The van der Waals surface area contributed by atoms with Gasteiger partial charge in [-0.2, -0.15) is 0 Å². The third kappa shape index (κ3) is 6.99. The van der Waals surface area contributed by atoms with Crippen molar-refractivity contribution in [3.63, 3.8) is 0 Å². The van der Waals surface area contributed by atoms with Crippen molar-refractivity contribution in [2.45, 2.75) is 33.4 Å². The SMILES string of the molecule is CCOC(=O)C1=C(C)N=c2s/c(=C/c3cc(Cl)ccc3OCc3cccc(Cl)c3)c(=O)n2[C@H]1c1cc(OC)c(OCC)cc1Br. The molecule has 45 heavy (non-hydrogen) atoms. The highest BCUT2D eigenvalue weighted by Gasteiger charge is 2.35. The molecule has 0 saturated carbocycles. The number of thiazole rings is 1. The minimum absolute atomic E-state index is 0.160. The molecular weight excluding hydrogens is 703 g/mol. The summed E-state index contributed by atoms with van der Waals surface area (Å²) in [6.07, 6.45) is 1.72. The molecule has 0 bridgehead atoms. The monoisotopic (exact) mass is 730 g/mol. The van der Waals surface area contributed by atoms with Crippen LogP contribution < -0.4 is 29.1 Å². The van der Waals surface area contributed by atoms with Crippen LogP contribution in [-0.4, -0.2) is 30.9 Å². The molecule has 5 rings (SSSR count). The van der Waals surface area contributed by atoms with Crippen LogP contribution in [0.1, 0.15) is 43.5 Å². The fraction of sp³-hybridized carbons (Fsp3) is 0.242. The first-order chi connectivity index (χ1) is 21.6. The summed E-state index contributed by atoms with van der Waals surface area (Å²) in [5.41, 5.74) is 2.44. The molecule has 0 N–H and O–H groups in total. The van der Waals surface area contributed by atoms with Crippen LogP contribution in [0.25, 0.3) is 6.08 Å². The highest BCUT2D eigenvalue weighted by Crippen LogP contribution is 2.41. The topological polar surface area (TPSA) is 88.4 Å². The zero-order valence-electron chi connectivity index (χ0n) is 24.9. The molecule has 2 heterocycles. The summed E-state index contributed by atoms with van der Waals surface area (Å²) >= 11 is 17.4. The van der Waals surface area contributed by atoms with Crippen LogP contribution in [0.2, 0.25) is 10.0 Å². The van der Waals surface area contributed by atoms with Crippen molar-refractivity contribution in [3.05, 3.63) is 117 Å². The lowest BCUT2D eigenvalue weighted by Gasteiger charge is -2.26. The molecule has 0 fully saturated rings. The number of carbonyl (C=O) groups excluding carboxylic acids is 1. The third-order valence-corrected chi connectivity index (χ3v) is 9.08. The quantitative estimate of drug-likeness (QED) is 0.166. The van der Waals surface area contributed by atoms with Gasteiger partial charge in [-0.25, -0.2) is 9.79 Å². The summed E-state index contributed by atoms with van der Waals surface area (Å²) in [4.78, 5) is 32.7. The van der Waals surface area contributed by atoms with E-state index in [9.17, 15) is 9.59 Å². The summed E-state index contributed by atoms with van der Waals surface area (Å²) in [6, 6.07) is 15.3. The number of halogens is 3. The molecule has 0 spiro atoms. The van der Waals surface area contributed by atoms with Crippen LogP contribution in [-0.2, 0) is 16.1 Å². The van der Waals surface area contributed by atoms with Gasteiger partial charge in [0, 0.05) is 20.1 Å². The minimum atomic E-state index is -0.862. The zero-order chi connectivity index (χ0) is 32.2. The van der Waals surface area contributed by atoms with Gasteiger partial charge in [-0.1, -0.05) is 62.6 Å². The molecule has 0 radical (unpaired) electrons. The average Bonchev–Trinajstić information content (AvgIpc) is 3.30. The minimum Gasteiger partial charge on any atom is -0.493 e. The number of rotatable bonds is 10. The van der Waals surface area contributed by atoms with E-state index in [1.54, 1.807) is 56.3 Å². The maximum Gasteiger partial charge on any atom is 0.338 e. The number of hydrogen-bond acceptors (Lipinski definition) is 8. The van der Waals surface area contributed by atoms with Gasteiger partial charge >= 0.3 is 5.97 Å². The Bertz CT molecular complexity index is 1990. The van der Waals surface area contributed by atoms with Gasteiger partial charge in [0.2, 0.25) is 0 Å². The lowest BCUT2D eigenvalue weighted by atomic mass is 9.95. The second-order valence-electron chi connectivity index (χ2n) is 9.86. The Hall–Kier alpha value is -3.57. The maximum atomic E-state index is 14.2. The van der Waals surface area contributed by atoms with Crippen molar-refractivity contribution in [2.24, 2.45) is 4.99 Å². The Labute approximate surface area is 282 Å². The Balaban J connectivity index is 1.67. The molecule has 0 aliphatic carbocycles. The van der Waals surface area contributed by atoms with Crippen molar-refractivity contribution in [1.82, 2.24) is 4.57 Å². The highest BCUT2D eigenvalue weighted by atomic mass is 79.9. The van der Waals surface area contributed by atoms with Gasteiger partial charge in [0.1, 0.15) is 12.4 Å². The fourth-order valence-corrected chi connectivity index (χ4v) is 6.94. The molecule has 4 aromatic rings. The predicted molar refractivity (Wildman–Crippen MR) is 179 cm³/mol. The van der Waals surface area contributed by atoms with Crippen LogP contribution in [0.3, 0.4) is 0 Å². The van der Waals surface area contributed by atoms with Crippen LogP contribution in [0, 0.1) is 0 Å². The molecule has 1 atom stereocenters. The number of methoxy groups -OCH3 is 1. The molecule has 0 saturated heterocycles. The fourth-order valence-electron chi connectivity index (χ4n) is 4.97. The summed E-state index contributed by atoms with van der Waals surface area (Å²) in [6.45, 7) is 6.18. The van der Waals surface area contributed by atoms with E-state index in [0.29, 0.717) is 64.5 Å². The predicted octanol–water partition coefficient (Wildman–Crippen LogP) is 6.85. The molecule has 0 amide bonds. The third-order valence-electron chi connectivity index (χ3n) is 6.94. The molecule has 1 aliphatic heterocycles. The first kappa shape index (κ1) is 32.8. The molecule has 3 aromatic carbocycles. The van der Waals surface area contributed by atoms with Crippen molar-refractivity contribution in [1.29, 1.82) is 0 Å². The molecule has 0 unspecified atom stereocenters. The molecule has 8 nitrogen and oxygen atoms in total. The number of nitrogens with zero attached hydrogens (tertiary/aromatic N) is 2. The average molecular weight is 732 g/mol. The van der Waals surface area contributed by atoms with Crippen LogP contribution >= 0.6 is 50.5 Å². The van der Waals surface area contributed by atoms with Crippen LogP contribution in [0.4, 0.5) is 0 Å². The molecular formula is C33H29BrCl2N2O6S. The number of esters is 1. The van der Waals surface area contributed by atoms with E-state index in [0.717, 1.165) is 5.56 Å². The summed E-state index contributed by atoms with van der Waals surface area (Å²) < 4.78 is 25.4. The van der Waals surface area contributed by atoms with Crippen molar-refractivity contribution >= 4 is 62.5 Å². The van der Waals surface area contributed by atoms with Gasteiger partial charge in [-0.3, -0.25) is 9.36 Å². The number of allylic oxidation sites excluding steroid dienone is 1. The van der Waals surface area contributed by atoms with Crippen LogP contribution in [0.15, 0.2) is 80.1 Å². The van der Waals surface area contributed by atoms with E-state index in [1.165, 1.54) is 23.0 Å². The summed E-state index contributed by atoms with van der Waals surface area (Å²) in [5, 5.41) is 1.09. The van der Waals surface area contributed by atoms with Crippen molar-refractivity contribution in [2.75, 3.05) is 20.3 Å². The van der Waals surface area contributed by atoms with Crippen LogP contribution in [0.5, 0.6) is 17.2 Å². The first-order valence-corrected chi connectivity index (χ1v) is 16.4. The first-order valence-electron chi connectivity index (χ1n) is 14.0. The van der Waals surface area contributed by atoms with Gasteiger partial charge < -0.3 is 18.9 Å². The van der Waals surface area contributed by atoms with Gasteiger partial charge in [0.25, 0.3) is 5.56 Å². The van der Waals surface area contributed by atoms with E-state index in [2.05, 4.69) is 20.9 Å². The number of aromatic nitrogens is 1. The van der Waals surface area contributed by atoms with Gasteiger partial charge in [-0.05, 0) is 80.4 Å². The van der Waals surface area contributed by atoms with E-state index >= 15 is 0 Å². The standard InChI is InChI=1S/C33H29BrCl2N2O6S/c1-5-42-27-16-24(34)23(15-26(27)41-4)30-29(32(40)43-6-2)18(3)37-33-38(30)31(39)28(45-33)14-20-13-22(36)10-11-25(20)44-17-19-8-7-9-21(35)12-19/h7-16,30H,5-6,17H2,1-4H3/b28-14+/t30-/m0/s1. The number of carbonyl (C=O) groups is 1. The number of fused-ring (bicyclic) bond motifs is 1. The van der Waals surface area contributed by atoms with E-state index < -0.39 is 12.0 Å². The van der Waals surface area contributed by atoms with Gasteiger partial charge in [0.15, 0.2) is 16.3 Å². The van der Waals surface area contributed by atoms with Gasteiger partial charge in [0.05, 0.1) is 42.2 Å². The number of benzene rings is 3. The van der Waals surface area contributed by atoms with E-state index in [-0.39, 0.29) is 24.3 Å². The second kappa shape index (κ2) is 14.2.